The van der Waals surface area contributed by atoms with E-state index in [1.807, 2.05) is 50.2 Å². The molecule has 5 heteroatoms. The van der Waals surface area contributed by atoms with Crippen molar-refractivity contribution in [2.75, 3.05) is 28.6 Å². The van der Waals surface area contributed by atoms with Crippen molar-refractivity contribution in [3.8, 4) is 0 Å². The van der Waals surface area contributed by atoms with E-state index >= 15 is 0 Å². The molecule has 2 aromatic carbocycles. The zero-order valence-corrected chi connectivity index (χ0v) is 17.7. The van der Waals surface area contributed by atoms with E-state index in [0.717, 1.165) is 35.6 Å². The highest BCUT2D eigenvalue weighted by atomic mass is 16.2. The molecule has 0 bridgehead atoms. The van der Waals surface area contributed by atoms with E-state index in [2.05, 4.69) is 35.4 Å². The summed E-state index contributed by atoms with van der Waals surface area (Å²) in [5, 5.41) is 5.75. The quantitative estimate of drug-likeness (QED) is 0.680. The van der Waals surface area contributed by atoms with Crippen LogP contribution in [0.3, 0.4) is 0 Å². The van der Waals surface area contributed by atoms with Gasteiger partial charge in [0.15, 0.2) is 0 Å². The van der Waals surface area contributed by atoms with Gasteiger partial charge in [-0.2, -0.15) is 0 Å². The molecule has 2 amide bonds. The Balaban J connectivity index is 2.13. The van der Waals surface area contributed by atoms with E-state index in [1.165, 1.54) is 0 Å². The normalized spacial score (nSPS) is 11.1. The summed E-state index contributed by atoms with van der Waals surface area (Å²) in [7, 11) is 0. The third-order valence-corrected chi connectivity index (χ3v) is 5.00. The summed E-state index contributed by atoms with van der Waals surface area (Å²) >= 11 is 0. The van der Waals surface area contributed by atoms with Crippen LogP contribution < -0.4 is 15.5 Å². The van der Waals surface area contributed by atoms with E-state index in [9.17, 15) is 9.59 Å². The summed E-state index contributed by atoms with van der Waals surface area (Å²) < 4.78 is 0. The highest BCUT2D eigenvalue weighted by Gasteiger charge is 2.36. The van der Waals surface area contributed by atoms with Gasteiger partial charge in [-0.05, 0) is 83.0 Å². The van der Waals surface area contributed by atoms with Gasteiger partial charge in [-0.25, -0.2) is 0 Å². The van der Waals surface area contributed by atoms with Crippen LogP contribution in [-0.2, 0) is 9.59 Å². The van der Waals surface area contributed by atoms with Crippen molar-refractivity contribution >= 4 is 28.9 Å². The first-order chi connectivity index (χ1) is 13.2. The molecule has 0 unspecified atom stereocenters. The molecular formula is C23H31N3O2. The minimum absolute atomic E-state index is 0.337. The fourth-order valence-electron chi connectivity index (χ4n) is 2.97. The number of amides is 2. The molecule has 0 radical (unpaired) electrons. The van der Waals surface area contributed by atoms with Crippen molar-refractivity contribution in [3.05, 3.63) is 53.6 Å². The molecule has 150 valence electrons. The minimum Gasteiger partial charge on any atom is -0.372 e. The topological polar surface area (TPSA) is 61.4 Å². The Kier molecular flexibility index (Phi) is 6.84. The average Bonchev–Trinajstić information content (AvgIpc) is 2.64. The summed E-state index contributed by atoms with van der Waals surface area (Å²) in [6, 6.07) is 13.5. The molecule has 0 aliphatic carbocycles. The monoisotopic (exact) mass is 381 g/mol. The summed E-state index contributed by atoms with van der Waals surface area (Å²) in [5.74, 6) is -0.677. The Bertz CT molecular complexity index is 855. The lowest BCUT2D eigenvalue weighted by Gasteiger charge is -2.25. The van der Waals surface area contributed by atoms with Gasteiger partial charge in [-0.15, -0.1) is 0 Å². The third kappa shape index (κ3) is 4.91. The maximum Gasteiger partial charge on any atom is 0.239 e. The van der Waals surface area contributed by atoms with Crippen LogP contribution in [0.15, 0.2) is 42.5 Å². The number of rotatable bonds is 7. The predicted octanol–water partition coefficient (Wildman–Crippen LogP) is 4.75. The largest absolute Gasteiger partial charge is 0.372 e. The number of hydrogen-bond acceptors (Lipinski definition) is 3. The summed E-state index contributed by atoms with van der Waals surface area (Å²) in [6.07, 6.45) is 0. The molecule has 0 atom stereocenters. The van der Waals surface area contributed by atoms with Crippen LogP contribution in [0.1, 0.15) is 38.8 Å². The smallest absolute Gasteiger partial charge is 0.239 e. The SMILES string of the molecule is CCN(CC)c1ccc(NC(=O)C(C)(C)C(=O)Nc2cccc(C)c2)c(C)c1. The maximum atomic E-state index is 12.8. The molecule has 0 heterocycles. The van der Waals surface area contributed by atoms with Crippen LogP contribution in [0.5, 0.6) is 0 Å². The van der Waals surface area contributed by atoms with E-state index in [4.69, 9.17) is 0 Å². The Morgan fingerprint density at radius 2 is 1.57 bits per heavy atom. The van der Waals surface area contributed by atoms with Crippen molar-refractivity contribution in [1.29, 1.82) is 0 Å². The second-order valence-corrected chi connectivity index (χ2v) is 7.57. The third-order valence-electron chi connectivity index (χ3n) is 5.00. The van der Waals surface area contributed by atoms with Crippen molar-refractivity contribution < 1.29 is 9.59 Å². The molecule has 2 rings (SSSR count). The van der Waals surface area contributed by atoms with Crippen LogP contribution in [0.25, 0.3) is 0 Å². The number of anilines is 3. The summed E-state index contributed by atoms with van der Waals surface area (Å²) in [4.78, 5) is 27.8. The molecule has 0 spiro atoms. The Morgan fingerprint density at radius 3 is 2.14 bits per heavy atom. The number of nitrogens with zero attached hydrogens (tertiary/aromatic N) is 1. The lowest BCUT2D eigenvalue weighted by molar-refractivity contribution is -0.135. The standard InChI is InChI=1S/C23H31N3O2/c1-7-26(8-2)19-12-13-20(17(4)15-19)25-22(28)23(5,6)21(27)24-18-11-9-10-16(3)14-18/h9-15H,7-8H2,1-6H3,(H,24,27)(H,25,28). The Hall–Kier alpha value is -2.82. The van der Waals surface area contributed by atoms with Gasteiger partial charge in [0, 0.05) is 30.2 Å². The first kappa shape index (κ1) is 21.5. The number of benzene rings is 2. The highest BCUT2D eigenvalue weighted by Crippen LogP contribution is 2.26. The lowest BCUT2D eigenvalue weighted by atomic mass is 9.90. The maximum absolute atomic E-state index is 12.8. The van der Waals surface area contributed by atoms with Crippen molar-refractivity contribution in [2.24, 2.45) is 5.41 Å². The molecule has 5 nitrogen and oxygen atoms in total. The highest BCUT2D eigenvalue weighted by molar-refractivity contribution is 6.14. The Morgan fingerprint density at radius 1 is 0.929 bits per heavy atom. The number of hydrogen-bond donors (Lipinski definition) is 2. The molecule has 0 saturated carbocycles. The van der Waals surface area contributed by atoms with E-state index < -0.39 is 5.41 Å². The molecule has 28 heavy (non-hydrogen) atoms. The van der Waals surface area contributed by atoms with Crippen LogP contribution >= 0.6 is 0 Å². The molecule has 2 N–H and O–H groups in total. The summed E-state index contributed by atoms with van der Waals surface area (Å²) in [5.41, 5.74) is 3.32. The van der Waals surface area contributed by atoms with Gasteiger partial charge in [-0.3, -0.25) is 9.59 Å². The second kappa shape index (κ2) is 8.91. The molecule has 2 aromatic rings. The van der Waals surface area contributed by atoms with Crippen molar-refractivity contribution in [3.63, 3.8) is 0 Å². The Labute approximate surface area is 168 Å². The van der Waals surface area contributed by atoms with Crippen LogP contribution in [0.4, 0.5) is 17.1 Å². The van der Waals surface area contributed by atoms with Gasteiger partial charge >= 0.3 is 0 Å². The number of aryl methyl sites for hydroxylation is 2. The van der Waals surface area contributed by atoms with Crippen molar-refractivity contribution in [1.82, 2.24) is 0 Å². The molecule has 0 saturated heterocycles. The van der Waals surface area contributed by atoms with E-state index in [0.29, 0.717) is 5.69 Å². The van der Waals surface area contributed by atoms with Gasteiger partial charge in [-0.1, -0.05) is 12.1 Å². The van der Waals surface area contributed by atoms with Gasteiger partial charge in [0.2, 0.25) is 11.8 Å². The molecule has 0 aromatic heterocycles. The first-order valence-corrected chi connectivity index (χ1v) is 9.74. The van der Waals surface area contributed by atoms with E-state index in [1.54, 1.807) is 13.8 Å². The lowest BCUT2D eigenvalue weighted by Crippen LogP contribution is -2.41. The molecule has 0 aliphatic heterocycles. The molecular weight excluding hydrogens is 350 g/mol. The predicted molar refractivity (Wildman–Crippen MR) is 117 cm³/mol. The number of nitrogens with one attached hydrogen (secondary N) is 2. The molecule has 0 fully saturated rings. The summed E-state index contributed by atoms with van der Waals surface area (Å²) in [6.45, 7) is 13.3. The zero-order valence-electron chi connectivity index (χ0n) is 17.7. The van der Waals surface area contributed by atoms with Gasteiger partial charge in [0.1, 0.15) is 5.41 Å². The van der Waals surface area contributed by atoms with Gasteiger partial charge in [0.25, 0.3) is 0 Å². The second-order valence-electron chi connectivity index (χ2n) is 7.57. The molecule has 0 aliphatic rings. The van der Waals surface area contributed by atoms with Gasteiger partial charge in [0.05, 0.1) is 0 Å². The zero-order chi connectivity index (χ0) is 20.9. The fraction of sp³-hybridized carbons (Fsp3) is 0.391. The minimum atomic E-state index is -1.21. The fourth-order valence-corrected chi connectivity index (χ4v) is 2.97. The average molecular weight is 382 g/mol. The van der Waals surface area contributed by atoms with Crippen LogP contribution in [-0.4, -0.2) is 24.9 Å². The van der Waals surface area contributed by atoms with Crippen LogP contribution in [0.2, 0.25) is 0 Å². The number of carbonyl (C=O) groups is 2. The first-order valence-electron chi connectivity index (χ1n) is 9.74. The number of carbonyl (C=O) groups excluding carboxylic acids is 2. The van der Waals surface area contributed by atoms with Crippen molar-refractivity contribution in [2.45, 2.75) is 41.5 Å². The van der Waals surface area contributed by atoms with E-state index in [-0.39, 0.29) is 11.8 Å². The van der Waals surface area contributed by atoms with Gasteiger partial charge < -0.3 is 15.5 Å². The van der Waals surface area contributed by atoms with Crippen LogP contribution in [0, 0.1) is 19.3 Å².